The molecular weight excluding hydrogens is 377 g/mol. The molecule has 4 heterocycles. The van der Waals surface area contributed by atoms with Gasteiger partial charge in [-0.3, -0.25) is 9.36 Å². The molecule has 0 aliphatic carbocycles. The maximum atomic E-state index is 13.7. The molecule has 4 rings (SSSR count). The lowest BCUT2D eigenvalue weighted by molar-refractivity contribution is -0.153. The molecule has 1 N–H and O–H groups in total. The summed E-state index contributed by atoms with van der Waals surface area (Å²) in [7, 11) is 0. The van der Waals surface area contributed by atoms with Crippen LogP contribution in [0, 0.1) is 0 Å². The largest absolute Gasteiger partial charge is 0.408 e. The molecule has 0 aromatic carbocycles. The molecule has 28 heavy (non-hydrogen) atoms. The quantitative estimate of drug-likeness (QED) is 0.824. The lowest BCUT2D eigenvalue weighted by Gasteiger charge is -2.40. The number of fused-ring (bicyclic) bond motifs is 3. The third kappa shape index (κ3) is 3.59. The molecule has 10 heteroatoms. The van der Waals surface area contributed by atoms with Crippen molar-refractivity contribution >= 4 is 11.8 Å². The summed E-state index contributed by atoms with van der Waals surface area (Å²) in [6.07, 6.45) is -3.61. The molecule has 3 unspecified atom stereocenters. The Morgan fingerprint density at radius 3 is 2.68 bits per heavy atom. The zero-order valence-electron chi connectivity index (χ0n) is 15.9. The summed E-state index contributed by atoms with van der Waals surface area (Å²) in [5, 5.41) is 10.0. The van der Waals surface area contributed by atoms with Crippen molar-refractivity contribution in [3.8, 4) is 0 Å². The van der Waals surface area contributed by atoms with Gasteiger partial charge in [0.25, 0.3) is 5.56 Å². The van der Waals surface area contributed by atoms with Gasteiger partial charge in [0.1, 0.15) is 11.9 Å². The van der Waals surface area contributed by atoms with Crippen molar-refractivity contribution in [1.82, 2.24) is 9.55 Å². The highest BCUT2D eigenvalue weighted by molar-refractivity contribution is 5.49. The summed E-state index contributed by atoms with van der Waals surface area (Å²) in [5.74, 6) is 0.437. The van der Waals surface area contributed by atoms with Crippen LogP contribution in [0.25, 0.3) is 0 Å². The number of aliphatic hydroxyl groups is 1. The van der Waals surface area contributed by atoms with E-state index in [1.54, 1.807) is 13.8 Å². The summed E-state index contributed by atoms with van der Waals surface area (Å²) in [5.41, 5.74) is -1.47. The Morgan fingerprint density at radius 2 is 2.11 bits per heavy atom. The van der Waals surface area contributed by atoms with E-state index in [1.165, 1.54) is 10.6 Å². The first-order valence-electron chi connectivity index (χ1n) is 9.59. The van der Waals surface area contributed by atoms with E-state index < -0.39 is 17.8 Å². The number of halogens is 3. The normalized spacial score (nSPS) is 27.4. The molecule has 1 aromatic heterocycles. The number of hydrogen-bond acceptors (Lipinski definition) is 6. The van der Waals surface area contributed by atoms with Gasteiger partial charge in [0.05, 0.1) is 24.4 Å². The fraction of sp³-hybridized carbons (Fsp3) is 0.778. The van der Waals surface area contributed by atoms with Crippen LogP contribution in [-0.4, -0.2) is 64.3 Å². The minimum atomic E-state index is -4.45. The first-order chi connectivity index (χ1) is 13.0. The van der Waals surface area contributed by atoms with Gasteiger partial charge in [-0.15, -0.1) is 0 Å². The zero-order valence-corrected chi connectivity index (χ0v) is 15.9. The lowest BCUT2D eigenvalue weighted by atomic mass is 10.0. The third-order valence-corrected chi connectivity index (χ3v) is 5.77. The monoisotopic (exact) mass is 402 g/mol. The molecule has 2 fully saturated rings. The second kappa shape index (κ2) is 6.62. The smallest absolute Gasteiger partial charge is 0.390 e. The van der Waals surface area contributed by atoms with Crippen molar-refractivity contribution in [2.45, 2.75) is 69.6 Å². The molecule has 2 saturated heterocycles. The van der Waals surface area contributed by atoms with Gasteiger partial charge in [0.2, 0.25) is 5.95 Å². The molecule has 1 aromatic rings. The van der Waals surface area contributed by atoms with E-state index in [0.29, 0.717) is 19.0 Å². The number of hydrogen-bond donors (Lipinski definition) is 1. The highest BCUT2D eigenvalue weighted by Crippen LogP contribution is 2.36. The van der Waals surface area contributed by atoms with Gasteiger partial charge in [-0.2, -0.15) is 18.2 Å². The van der Waals surface area contributed by atoms with Gasteiger partial charge in [-0.1, -0.05) is 0 Å². The second-order valence-electron chi connectivity index (χ2n) is 8.50. The highest BCUT2D eigenvalue weighted by atomic mass is 19.4. The SMILES string of the molecule is CC(C)(O)CCN1c2nc(N3CC4CC3CO4)cc(=O)n2CCC1C(F)(F)F. The third-order valence-electron chi connectivity index (χ3n) is 5.77. The maximum absolute atomic E-state index is 13.7. The molecule has 3 aliphatic heterocycles. The molecular formula is C18H25F3N4O3. The van der Waals surface area contributed by atoms with Crippen LogP contribution in [-0.2, 0) is 11.3 Å². The van der Waals surface area contributed by atoms with Crippen molar-refractivity contribution in [2.24, 2.45) is 0 Å². The summed E-state index contributed by atoms with van der Waals surface area (Å²) >= 11 is 0. The van der Waals surface area contributed by atoms with E-state index in [0.717, 1.165) is 11.3 Å². The molecule has 2 bridgehead atoms. The number of morpholine rings is 1. The number of ether oxygens (including phenoxy) is 1. The topological polar surface area (TPSA) is 70.8 Å². The van der Waals surface area contributed by atoms with Crippen molar-refractivity contribution < 1.29 is 23.0 Å². The molecule has 3 aliphatic rings. The number of rotatable bonds is 4. The Balaban J connectivity index is 1.72. The van der Waals surface area contributed by atoms with Crippen LogP contribution in [0.1, 0.15) is 33.1 Å². The van der Waals surface area contributed by atoms with Gasteiger partial charge in [0.15, 0.2) is 0 Å². The molecule has 156 valence electrons. The molecule has 0 spiro atoms. The fourth-order valence-corrected chi connectivity index (χ4v) is 4.28. The van der Waals surface area contributed by atoms with E-state index >= 15 is 0 Å². The van der Waals surface area contributed by atoms with Crippen LogP contribution < -0.4 is 15.4 Å². The fourth-order valence-electron chi connectivity index (χ4n) is 4.28. The van der Waals surface area contributed by atoms with E-state index in [1.807, 2.05) is 4.90 Å². The lowest BCUT2D eigenvalue weighted by Crippen LogP contribution is -2.53. The summed E-state index contributed by atoms with van der Waals surface area (Å²) in [6, 6.07) is -0.214. The zero-order chi connectivity index (χ0) is 20.3. The molecule has 0 amide bonds. The first-order valence-corrected chi connectivity index (χ1v) is 9.59. The standard InChI is InChI=1S/C18H25F3N4O3/c1-17(2,27)4-6-23-13(18(19,20)21)3-5-24-15(26)8-14(22-16(23)24)25-9-12-7-11(25)10-28-12/h8,11-13,27H,3-7,9-10H2,1-2H3. The molecule has 0 saturated carbocycles. The number of alkyl halides is 3. The number of nitrogens with zero attached hydrogens (tertiary/aromatic N) is 4. The Bertz CT molecular complexity index is 805. The van der Waals surface area contributed by atoms with Crippen LogP contribution in [0.15, 0.2) is 10.9 Å². The van der Waals surface area contributed by atoms with Crippen molar-refractivity contribution in [1.29, 1.82) is 0 Å². The summed E-state index contributed by atoms with van der Waals surface area (Å²) in [6.45, 7) is 4.17. The van der Waals surface area contributed by atoms with Crippen LogP contribution in [0.2, 0.25) is 0 Å². The Kier molecular flexibility index (Phi) is 4.61. The molecule has 7 nitrogen and oxygen atoms in total. The van der Waals surface area contributed by atoms with Crippen LogP contribution in [0.4, 0.5) is 24.9 Å². The van der Waals surface area contributed by atoms with E-state index in [-0.39, 0.29) is 49.6 Å². The summed E-state index contributed by atoms with van der Waals surface area (Å²) < 4.78 is 47.9. The Morgan fingerprint density at radius 1 is 1.36 bits per heavy atom. The van der Waals surface area contributed by atoms with Gasteiger partial charge >= 0.3 is 6.18 Å². The van der Waals surface area contributed by atoms with Crippen LogP contribution in [0.3, 0.4) is 0 Å². The predicted octanol–water partition coefficient (Wildman–Crippen LogP) is 1.52. The van der Waals surface area contributed by atoms with Crippen molar-refractivity contribution in [3.05, 3.63) is 16.4 Å². The van der Waals surface area contributed by atoms with Crippen LogP contribution >= 0.6 is 0 Å². The second-order valence-corrected chi connectivity index (χ2v) is 8.50. The molecule has 0 radical (unpaired) electrons. The minimum absolute atomic E-state index is 0.0280. The van der Waals surface area contributed by atoms with Gasteiger partial charge in [0, 0.05) is 25.7 Å². The van der Waals surface area contributed by atoms with E-state index in [2.05, 4.69) is 4.98 Å². The van der Waals surface area contributed by atoms with E-state index in [4.69, 9.17) is 4.74 Å². The van der Waals surface area contributed by atoms with Gasteiger partial charge in [-0.05, 0) is 33.1 Å². The maximum Gasteiger partial charge on any atom is 0.408 e. The van der Waals surface area contributed by atoms with Gasteiger partial charge in [-0.25, -0.2) is 0 Å². The predicted molar refractivity (Wildman–Crippen MR) is 96.7 cm³/mol. The minimum Gasteiger partial charge on any atom is -0.390 e. The number of anilines is 2. The Hall–Kier alpha value is -1.81. The van der Waals surface area contributed by atoms with Crippen LogP contribution in [0.5, 0.6) is 0 Å². The van der Waals surface area contributed by atoms with Gasteiger partial charge < -0.3 is 19.6 Å². The summed E-state index contributed by atoms with van der Waals surface area (Å²) in [4.78, 5) is 20.3. The van der Waals surface area contributed by atoms with E-state index in [9.17, 15) is 23.1 Å². The Labute approximate surface area is 160 Å². The highest BCUT2D eigenvalue weighted by Gasteiger charge is 2.47. The first kappa shape index (κ1) is 19.5. The average molecular weight is 402 g/mol. The van der Waals surface area contributed by atoms with Crippen molar-refractivity contribution in [3.63, 3.8) is 0 Å². The average Bonchev–Trinajstić information content (AvgIpc) is 3.21. The number of aromatic nitrogens is 2. The van der Waals surface area contributed by atoms with Crippen molar-refractivity contribution in [2.75, 3.05) is 29.5 Å². The molecule has 3 atom stereocenters.